The van der Waals surface area contributed by atoms with E-state index < -0.39 is 17.9 Å². The van der Waals surface area contributed by atoms with Crippen LogP contribution in [0, 0.1) is 11.5 Å². The number of nitriles is 1. The largest absolute Gasteiger partial charge is 0.340 e. The number of hydrogen-bond acceptors (Lipinski definition) is 4. The molecule has 2 aromatic rings. The zero-order valence-corrected chi connectivity index (χ0v) is 12.9. The summed E-state index contributed by atoms with van der Waals surface area (Å²) in [5.74, 6) is -0.891. The third kappa shape index (κ3) is 3.32. The second-order valence-electron chi connectivity index (χ2n) is 4.72. The van der Waals surface area contributed by atoms with E-state index in [2.05, 4.69) is 11.9 Å². The molecule has 0 aliphatic rings. The number of likely N-dealkylation sites (N-methyl/N-ethyl adjacent to an activating group) is 1. The van der Waals surface area contributed by atoms with Crippen molar-refractivity contribution >= 4 is 33.2 Å². The van der Waals surface area contributed by atoms with Crippen LogP contribution in [0.1, 0.15) is 5.56 Å². The first-order valence-electron chi connectivity index (χ1n) is 6.62. The lowest BCUT2D eigenvalue weighted by Crippen LogP contribution is -2.46. The van der Waals surface area contributed by atoms with Gasteiger partial charge < -0.3 is 5.32 Å². The quantitative estimate of drug-likeness (QED) is 0.521. The van der Waals surface area contributed by atoms with E-state index in [1.54, 1.807) is 17.5 Å². The second-order valence-corrected chi connectivity index (χ2v) is 5.64. The zero-order chi connectivity index (χ0) is 16.1. The number of amides is 2. The average molecular weight is 313 g/mol. The Hall–Kier alpha value is -2.65. The van der Waals surface area contributed by atoms with Crippen molar-refractivity contribution in [3.05, 3.63) is 47.9 Å². The number of rotatable bonds is 5. The van der Waals surface area contributed by atoms with Crippen LogP contribution >= 0.6 is 11.3 Å². The summed E-state index contributed by atoms with van der Waals surface area (Å²) < 4.78 is 1.12. The van der Waals surface area contributed by atoms with E-state index in [4.69, 9.17) is 5.26 Å². The van der Waals surface area contributed by atoms with Crippen LogP contribution in [0.2, 0.25) is 0 Å². The standard InChI is InChI=1S/C16H15N3O2S/c1-3-15(20)18-13(16(21)19(2)10-17)8-11-9-22-14-7-5-4-6-12(11)14/h3-7,9,13H,1,8H2,2H3,(H,18,20). The predicted octanol–water partition coefficient (Wildman–Crippen LogP) is 2.05. The molecule has 0 bridgehead atoms. The summed E-state index contributed by atoms with van der Waals surface area (Å²) >= 11 is 1.58. The van der Waals surface area contributed by atoms with Crippen LogP contribution < -0.4 is 5.32 Å². The van der Waals surface area contributed by atoms with Gasteiger partial charge in [-0.3, -0.25) is 14.5 Å². The number of carbonyl (C=O) groups is 2. The van der Waals surface area contributed by atoms with E-state index >= 15 is 0 Å². The Morgan fingerprint density at radius 2 is 2.23 bits per heavy atom. The number of carbonyl (C=O) groups excluding carboxylic acids is 2. The van der Waals surface area contributed by atoms with Crippen molar-refractivity contribution in [1.29, 1.82) is 5.26 Å². The molecule has 0 saturated carbocycles. The predicted molar refractivity (Wildman–Crippen MR) is 86.0 cm³/mol. The van der Waals surface area contributed by atoms with E-state index in [-0.39, 0.29) is 0 Å². The van der Waals surface area contributed by atoms with Crippen molar-refractivity contribution in [2.75, 3.05) is 7.05 Å². The van der Waals surface area contributed by atoms with E-state index in [9.17, 15) is 9.59 Å². The first-order chi connectivity index (χ1) is 10.6. The smallest absolute Gasteiger partial charge is 0.258 e. The first kappa shape index (κ1) is 15.7. The highest BCUT2D eigenvalue weighted by molar-refractivity contribution is 7.17. The van der Waals surface area contributed by atoms with Crippen LogP contribution in [0.25, 0.3) is 10.1 Å². The summed E-state index contributed by atoms with van der Waals surface area (Å²) in [6, 6.07) is 7.07. The summed E-state index contributed by atoms with van der Waals surface area (Å²) in [4.78, 5) is 24.7. The van der Waals surface area contributed by atoms with Gasteiger partial charge in [-0.05, 0) is 28.5 Å². The Kier molecular flexibility index (Phi) is 4.92. The van der Waals surface area contributed by atoms with Crippen LogP contribution in [0.4, 0.5) is 0 Å². The van der Waals surface area contributed by atoms with E-state index in [1.165, 1.54) is 7.05 Å². The molecule has 2 rings (SSSR count). The molecular formula is C16H15N3O2S. The minimum absolute atomic E-state index is 0.328. The van der Waals surface area contributed by atoms with Gasteiger partial charge in [0.2, 0.25) is 5.91 Å². The maximum Gasteiger partial charge on any atom is 0.258 e. The topological polar surface area (TPSA) is 73.2 Å². The second kappa shape index (κ2) is 6.87. The molecule has 0 spiro atoms. The SMILES string of the molecule is C=CC(=O)NC(Cc1csc2ccccc12)C(=O)N(C)C#N. The molecule has 0 aliphatic heterocycles. The molecule has 1 atom stereocenters. The Morgan fingerprint density at radius 1 is 1.50 bits per heavy atom. The van der Waals surface area contributed by atoms with Crippen LogP contribution in [-0.2, 0) is 16.0 Å². The normalized spacial score (nSPS) is 11.5. The molecule has 6 heteroatoms. The fourth-order valence-corrected chi connectivity index (χ4v) is 3.10. The Labute approximate surface area is 132 Å². The van der Waals surface area contributed by atoms with Crippen LogP contribution in [0.5, 0.6) is 0 Å². The molecule has 1 aromatic carbocycles. The number of fused-ring (bicyclic) bond motifs is 1. The van der Waals surface area contributed by atoms with Crippen LogP contribution in [0.3, 0.4) is 0 Å². The summed E-state index contributed by atoms with van der Waals surface area (Å²) in [5, 5.41) is 14.5. The van der Waals surface area contributed by atoms with Crippen LogP contribution in [-0.4, -0.2) is 29.8 Å². The summed E-state index contributed by atoms with van der Waals surface area (Å²) in [6.45, 7) is 3.39. The Bertz CT molecular complexity index is 760. The summed E-state index contributed by atoms with van der Waals surface area (Å²) in [5.41, 5.74) is 0.967. The van der Waals surface area contributed by atoms with Gasteiger partial charge >= 0.3 is 0 Å². The highest BCUT2D eigenvalue weighted by atomic mass is 32.1. The lowest BCUT2D eigenvalue weighted by Gasteiger charge is -2.19. The average Bonchev–Trinajstić information content (AvgIpc) is 2.95. The number of hydrogen-bond donors (Lipinski definition) is 1. The highest BCUT2D eigenvalue weighted by Gasteiger charge is 2.24. The molecule has 1 N–H and O–H groups in total. The molecule has 2 amide bonds. The van der Waals surface area contributed by atoms with Crippen molar-refractivity contribution in [2.24, 2.45) is 0 Å². The highest BCUT2D eigenvalue weighted by Crippen LogP contribution is 2.26. The lowest BCUT2D eigenvalue weighted by molar-refractivity contribution is -0.132. The molecule has 0 aliphatic carbocycles. The monoisotopic (exact) mass is 313 g/mol. The minimum Gasteiger partial charge on any atom is -0.340 e. The third-order valence-electron chi connectivity index (χ3n) is 3.27. The maximum absolute atomic E-state index is 12.2. The molecule has 1 heterocycles. The molecule has 112 valence electrons. The summed E-state index contributed by atoms with van der Waals surface area (Å²) in [7, 11) is 1.38. The van der Waals surface area contributed by atoms with Crippen LogP contribution in [0.15, 0.2) is 42.3 Å². The molecule has 1 aromatic heterocycles. The first-order valence-corrected chi connectivity index (χ1v) is 7.50. The number of benzene rings is 1. The van der Waals surface area contributed by atoms with Crippen molar-refractivity contribution in [2.45, 2.75) is 12.5 Å². The molecule has 22 heavy (non-hydrogen) atoms. The number of nitrogens with one attached hydrogen (secondary N) is 1. The van der Waals surface area contributed by atoms with Crippen molar-refractivity contribution < 1.29 is 9.59 Å². The molecule has 0 radical (unpaired) electrons. The van der Waals surface area contributed by atoms with Gasteiger partial charge in [-0.1, -0.05) is 24.8 Å². The van der Waals surface area contributed by atoms with Gasteiger partial charge in [-0.2, -0.15) is 5.26 Å². The fraction of sp³-hybridized carbons (Fsp3) is 0.188. The third-order valence-corrected chi connectivity index (χ3v) is 4.28. The maximum atomic E-state index is 12.2. The molecule has 0 fully saturated rings. The molecule has 5 nitrogen and oxygen atoms in total. The van der Waals surface area contributed by atoms with E-state index in [0.29, 0.717) is 6.42 Å². The lowest BCUT2D eigenvalue weighted by atomic mass is 10.0. The van der Waals surface area contributed by atoms with Gasteiger partial charge in [-0.15, -0.1) is 11.3 Å². The van der Waals surface area contributed by atoms with E-state index in [1.807, 2.05) is 29.6 Å². The summed E-state index contributed by atoms with van der Waals surface area (Å²) in [6.07, 6.45) is 3.20. The van der Waals surface area contributed by atoms with Gasteiger partial charge in [0.1, 0.15) is 6.04 Å². The van der Waals surface area contributed by atoms with Gasteiger partial charge in [0, 0.05) is 18.2 Å². The molecule has 0 saturated heterocycles. The van der Waals surface area contributed by atoms with Crippen molar-refractivity contribution in [3.63, 3.8) is 0 Å². The Balaban J connectivity index is 2.29. The fourth-order valence-electron chi connectivity index (χ4n) is 2.12. The molecular weight excluding hydrogens is 298 g/mol. The zero-order valence-electron chi connectivity index (χ0n) is 12.1. The van der Waals surface area contributed by atoms with Gasteiger partial charge in [-0.25, -0.2) is 0 Å². The number of thiophene rings is 1. The van der Waals surface area contributed by atoms with E-state index in [0.717, 1.165) is 26.6 Å². The number of nitrogens with zero attached hydrogens (tertiary/aromatic N) is 2. The molecule has 1 unspecified atom stereocenters. The van der Waals surface area contributed by atoms with Gasteiger partial charge in [0.15, 0.2) is 6.19 Å². The van der Waals surface area contributed by atoms with Crippen molar-refractivity contribution in [3.8, 4) is 6.19 Å². The van der Waals surface area contributed by atoms with Crippen molar-refractivity contribution in [1.82, 2.24) is 10.2 Å². The van der Waals surface area contributed by atoms with Gasteiger partial charge in [0.25, 0.3) is 5.91 Å². The van der Waals surface area contributed by atoms with Gasteiger partial charge in [0.05, 0.1) is 0 Å². The Morgan fingerprint density at radius 3 is 2.91 bits per heavy atom. The minimum atomic E-state index is -0.798.